The van der Waals surface area contributed by atoms with Crippen LogP contribution in [0.4, 0.5) is 0 Å². The standard InChI is InChI=1S/C28H21NS/c1-5-18-13-25-24(12-16(18)3)28-27-21(8-9-29-28)20-7-6-19-17(4)10-15(2)11-22(19)23(20)14-26(27)30-25/h5-14H,1H2,2-4H3. The molecule has 1 nitrogen and oxygen atoms in total. The van der Waals surface area contributed by atoms with Crippen LogP contribution < -0.4 is 0 Å². The highest BCUT2D eigenvalue weighted by atomic mass is 32.2. The second kappa shape index (κ2) is 6.20. The first kappa shape index (κ1) is 17.7. The molecule has 1 aromatic heterocycles. The summed E-state index contributed by atoms with van der Waals surface area (Å²) in [6, 6.07) is 18.2. The molecular weight excluding hydrogens is 382 g/mol. The maximum Gasteiger partial charge on any atom is 0.0803 e. The lowest BCUT2D eigenvalue weighted by Crippen LogP contribution is -1.98. The number of nitrogens with zero attached hydrogens (tertiary/aromatic N) is 1. The fourth-order valence-corrected chi connectivity index (χ4v) is 6.12. The molecule has 1 aliphatic heterocycles. The molecule has 0 aliphatic carbocycles. The molecule has 1 aliphatic rings. The number of hydrogen-bond donors (Lipinski definition) is 0. The highest BCUT2D eigenvalue weighted by molar-refractivity contribution is 7.99. The Labute approximate surface area is 180 Å². The number of benzene rings is 4. The molecule has 6 rings (SSSR count). The van der Waals surface area contributed by atoms with Crippen molar-refractivity contribution in [1.82, 2.24) is 4.98 Å². The van der Waals surface area contributed by atoms with Gasteiger partial charge >= 0.3 is 0 Å². The third-order valence-corrected chi connectivity index (χ3v) is 7.45. The van der Waals surface area contributed by atoms with Gasteiger partial charge in [-0.2, -0.15) is 0 Å². The predicted molar refractivity (Wildman–Crippen MR) is 131 cm³/mol. The first-order valence-electron chi connectivity index (χ1n) is 10.3. The lowest BCUT2D eigenvalue weighted by molar-refractivity contribution is 1.27. The van der Waals surface area contributed by atoms with Crippen molar-refractivity contribution < 1.29 is 0 Å². The Bertz CT molecular complexity index is 1560. The second-order valence-corrected chi connectivity index (χ2v) is 9.39. The van der Waals surface area contributed by atoms with Gasteiger partial charge in [0.25, 0.3) is 0 Å². The van der Waals surface area contributed by atoms with Crippen LogP contribution in [0.2, 0.25) is 0 Å². The molecule has 2 heterocycles. The number of pyridine rings is 1. The molecule has 4 aromatic carbocycles. The van der Waals surface area contributed by atoms with Crippen LogP contribution in [0, 0.1) is 20.8 Å². The molecule has 30 heavy (non-hydrogen) atoms. The van der Waals surface area contributed by atoms with Crippen LogP contribution in [0.5, 0.6) is 0 Å². The van der Waals surface area contributed by atoms with Crippen molar-refractivity contribution in [2.24, 2.45) is 0 Å². The zero-order valence-electron chi connectivity index (χ0n) is 17.3. The van der Waals surface area contributed by atoms with E-state index in [9.17, 15) is 0 Å². The van der Waals surface area contributed by atoms with Crippen LogP contribution in [0.1, 0.15) is 22.3 Å². The zero-order valence-corrected chi connectivity index (χ0v) is 18.2. The Kier molecular flexibility index (Phi) is 3.66. The largest absolute Gasteiger partial charge is 0.256 e. The Morgan fingerprint density at radius 2 is 1.57 bits per heavy atom. The van der Waals surface area contributed by atoms with E-state index in [4.69, 9.17) is 4.98 Å². The average molecular weight is 404 g/mol. The van der Waals surface area contributed by atoms with Gasteiger partial charge in [0.05, 0.1) is 5.69 Å². The second-order valence-electron chi connectivity index (χ2n) is 8.31. The first-order valence-corrected chi connectivity index (χ1v) is 11.1. The van der Waals surface area contributed by atoms with Gasteiger partial charge in [-0.15, -0.1) is 0 Å². The maximum atomic E-state index is 4.83. The number of fused-ring (bicyclic) bond motifs is 6. The van der Waals surface area contributed by atoms with Crippen LogP contribution in [0.15, 0.2) is 71.1 Å². The van der Waals surface area contributed by atoms with Gasteiger partial charge in [-0.05, 0) is 88.7 Å². The molecule has 2 heteroatoms. The van der Waals surface area contributed by atoms with E-state index in [1.165, 1.54) is 69.9 Å². The lowest BCUT2D eigenvalue weighted by Gasteiger charge is -2.22. The van der Waals surface area contributed by atoms with Gasteiger partial charge in [0.2, 0.25) is 0 Å². The topological polar surface area (TPSA) is 12.9 Å². The summed E-state index contributed by atoms with van der Waals surface area (Å²) in [6.45, 7) is 10.5. The summed E-state index contributed by atoms with van der Waals surface area (Å²) in [5, 5.41) is 7.86. The van der Waals surface area contributed by atoms with Gasteiger partial charge < -0.3 is 0 Å². The highest BCUT2D eigenvalue weighted by Gasteiger charge is 2.23. The van der Waals surface area contributed by atoms with Crippen LogP contribution >= 0.6 is 11.8 Å². The van der Waals surface area contributed by atoms with E-state index < -0.39 is 0 Å². The van der Waals surface area contributed by atoms with Crippen molar-refractivity contribution in [3.05, 3.63) is 83.6 Å². The van der Waals surface area contributed by atoms with Crippen LogP contribution in [-0.2, 0) is 0 Å². The average Bonchev–Trinajstić information content (AvgIpc) is 2.74. The van der Waals surface area contributed by atoms with E-state index in [1.807, 2.05) is 24.0 Å². The van der Waals surface area contributed by atoms with Crippen molar-refractivity contribution in [1.29, 1.82) is 0 Å². The third-order valence-electron chi connectivity index (χ3n) is 6.35. The van der Waals surface area contributed by atoms with Gasteiger partial charge in [-0.3, -0.25) is 4.98 Å². The smallest absolute Gasteiger partial charge is 0.0803 e. The SMILES string of the molecule is C=Cc1cc2c(cc1C)-c1nccc3c1c(cc1c4cc(C)cc(C)c4ccc31)S2. The molecule has 0 unspecified atom stereocenters. The molecule has 0 spiro atoms. The van der Waals surface area contributed by atoms with E-state index in [2.05, 4.69) is 75.9 Å². The van der Waals surface area contributed by atoms with E-state index in [-0.39, 0.29) is 0 Å². The van der Waals surface area contributed by atoms with Crippen LogP contribution in [-0.4, -0.2) is 4.98 Å². The minimum atomic E-state index is 1.09. The fourth-order valence-electron chi connectivity index (χ4n) is 4.95. The normalized spacial score (nSPS) is 12.5. The molecule has 0 saturated carbocycles. The van der Waals surface area contributed by atoms with Crippen molar-refractivity contribution in [2.45, 2.75) is 30.6 Å². The van der Waals surface area contributed by atoms with Crippen molar-refractivity contribution in [3.63, 3.8) is 0 Å². The number of aromatic nitrogens is 1. The molecule has 0 amide bonds. The highest BCUT2D eigenvalue weighted by Crippen LogP contribution is 2.50. The molecule has 0 saturated heterocycles. The summed E-state index contributed by atoms with van der Waals surface area (Å²) < 4.78 is 0. The van der Waals surface area contributed by atoms with Crippen molar-refractivity contribution in [2.75, 3.05) is 0 Å². The monoisotopic (exact) mass is 403 g/mol. The summed E-state index contributed by atoms with van der Waals surface area (Å²) >= 11 is 1.86. The summed E-state index contributed by atoms with van der Waals surface area (Å²) in [6.07, 6.45) is 3.91. The summed E-state index contributed by atoms with van der Waals surface area (Å²) in [7, 11) is 0. The zero-order chi connectivity index (χ0) is 20.6. The minimum Gasteiger partial charge on any atom is -0.256 e. The van der Waals surface area contributed by atoms with E-state index >= 15 is 0 Å². The molecule has 5 aromatic rings. The fraction of sp³-hybridized carbons (Fsp3) is 0.107. The van der Waals surface area contributed by atoms with E-state index in [0.717, 1.165) is 5.69 Å². The Morgan fingerprint density at radius 1 is 0.767 bits per heavy atom. The summed E-state index contributed by atoms with van der Waals surface area (Å²) in [5.74, 6) is 0. The maximum absolute atomic E-state index is 4.83. The molecule has 0 radical (unpaired) electrons. The number of aryl methyl sites for hydroxylation is 3. The summed E-state index contributed by atoms with van der Waals surface area (Å²) in [4.78, 5) is 7.38. The molecular formula is C28H21NS. The quantitative estimate of drug-likeness (QED) is 0.256. The van der Waals surface area contributed by atoms with Gasteiger partial charge in [-0.1, -0.05) is 54.2 Å². The van der Waals surface area contributed by atoms with Crippen LogP contribution in [0.25, 0.3) is 49.7 Å². The van der Waals surface area contributed by atoms with Crippen LogP contribution in [0.3, 0.4) is 0 Å². The number of rotatable bonds is 1. The van der Waals surface area contributed by atoms with Crippen molar-refractivity contribution in [3.8, 4) is 11.3 Å². The summed E-state index contributed by atoms with van der Waals surface area (Å²) in [5.41, 5.74) is 7.39. The van der Waals surface area contributed by atoms with Gasteiger partial charge in [0, 0.05) is 26.9 Å². The molecule has 144 valence electrons. The molecule has 0 bridgehead atoms. The molecule has 0 atom stereocenters. The van der Waals surface area contributed by atoms with E-state index in [0.29, 0.717) is 0 Å². The Hall–Kier alpha value is -3.10. The third kappa shape index (κ3) is 2.34. The molecule has 0 N–H and O–H groups in total. The minimum absolute atomic E-state index is 1.09. The number of hydrogen-bond acceptors (Lipinski definition) is 2. The predicted octanol–water partition coefficient (Wildman–Crippen LogP) is 8.24. The van der Waals surface area contributed by atoms with Gasteiger partial charge in [-0.25, -0.2) is 0 Å². The van der Waals surface area contributed by atoms with Crippen molar-refractivity contribution >= 4 is 50.2 Å². The Morgan fingerprint density at radius 3 is 2.40 bits per heavy atom. The van der Waals surface area contributed by atoms with Gasteiger partial charge in [0.1, 0.15) is 0 Å². The van der Waals surface area contributed by atoms with E-state index in [1.54, 1.807) is 0 Å². The lowest BCUT2D eigenvalue weighted by atomic mass is 9.92. The molecule has 0 fully saturated rings. The van der Waals surface area contributed by atoms with Gasteiger partial charge in [0.15, 0.2) is 0 Å². The first-order chi connectivity index (χ1) is 14.5. The Balaban J connectivity index is 1.78.